The van der Waals surface area contributed by atoms with E-state index in [0.29, 0.717) is 40.5 Å². The first-order chi connectivity index (χ1) is 41.6. The van der Waals surface area contributed by atoms with Crippen LogP contribution in [-0.2, 0) is 29.5 Å². The molecule has 6 aromatic rings. The number of aromatic carboxylic acids is 2. The fourth-order valence-corrected chi connectivity index (χ4v) is 17.7. The van der Waals surface area contributed by atoms with Gasteiger partial charge in [0.1, 0.15) is 101 Å². The third-order valence-electron chi connectivity index (χ3n) is 19.8. The van der Waals surface area contributed by atoms with Crippen LogP contribution in [0.2, 0.25) is 0 Å². The van der Waals surface area contributed by atoms with E-state index in [9.17, 15) is 64.2 Å². The Labute approximate surface area is 595 Å². The second-order valence-corrected chi connectivity index (χ2v) is 27.6. The number of hydrogen-bond donors (Lipinski definition) is 4. The third-order valence-corrected chi connectivity index (χ3v) is 23.0. The summed E-state index contributed by atoms with van der Waals surface area (Å²) in [4.78, 5) is 84.5. The molecule has 3 saturated carbocycles. The van der Waals surface area contributed by atoms with Crippen LogP contribution in [0.1, 0.15) is 90.2 Å². The Morgan fingerprint density at radius 2 is 1.33 bits per heavy atom. The van der Waals surface area contributed by atoms with Gasteiger partial charge in [-0.3, -0.25) is 19.2 Å². The van der Waals surface area contributed by atoms with Crippen LogP contribution in [0.5, 0.6) is 11.5 Å². The van der Waals surface area contributed by atoms with Gasteiger partial charge in [0.15, 0.2) is 33.9 Å². The molecule has 0 amide bonds. The summed E-state index contributed by atoms with van der Waals surface area (Å²) in [6.07, 6.45) is 7.31. The molecule has 13 rings (SSSR count). The van der Waals surface area contributed by atoms with Gasteiger partial charge < -0.3 is 89.5 Å². The Morgan fingerprint density at radius 1 is 0.813 bits per heavy atom. The predicted molar refractivity (Wildman–Crippen MR) is 318 cm³/mol. The molecule has 4 N–H and O–H groups in total. The molecule has 474 valence electrons. The van der Waals surface area contributed by atoms with E-state index < -0.39 is 79.4 Å². The maximum atomic E-state index is 13.1. The summed E-state index contributed by atoms with van der Waals surface area (Å²) in [6, 6.07) is 18.1. The van der Waals surface area contributed by atoms with Crippen molar-refractivity contribution in [3.05, 3.63) is 149 Å². The average molecular weight is 1410 g/mol. The van der Waals surface area contributed by atoms with Crippen LogP contribution in [0, 0.1) is 28.6 Å². The van der Waals surface area contributed by atoms with Crippen LogP contribution in [0.4, 0.5) is 0 Å². The molecule has 20 nitrogen and oxygen atoms in total. The van der Waals surface area contributed by atoms with Crippen molar-refractivity contribution >= 4 is 97.3 Å². The van der Waals surface area contributed by atoms with Crippen LogP contribution in [-0.4, -0.2) is 141 Å². The molecule has 7 aliphatic rings. The fraction of sp³-hybridized carbons (Fsp3) is 0.453. The number of aliphatic hydroxyl groups excluding tert-OH is 2. The van der Waals surface area contributed by atoms with Gasteiger partial charge in [-0.2, -0.15) is 0 Å². The molecule has 6 fully saturated rings. The van der Waals surface area contributed by atoms with Crippen molar-refractivity contribution in [3.8, 4) is 11.5 Å². The minimum atomic E-state index is -1.72. The number of nitrogens with zero attached hydrogens (tertiary/aromatic N) is 1. The number of hydrogen-bond acceptors (Lipinski definition) is 21. The number of quaternary nitrogens is 1. The Balaban J connectivity index is 0.000000175. The van der Waals surface area contributed by atoms with Crippen molar-refractivity contribution in [2.45, 2.75) is 118 Å². The number of morpholine rings is 1. The number of likely N-dealkylation sites (N-methyl/N-ethyl adjacent to an activating group) is 1. The summed E-state index contributed by atoms with van der Waals surface area (Å²) >= 11 is 15.9. The maximum Gasteiger partial charge on any atom is 1.00 e. The third kappa shape index (κ3) is 12.5. The molecular formula is C64H64BrCl2NNa2O19S2. The number of carbonyl (C=O) groups is 5. The number of allylic oxidation sites excluding steroid dienone is 4. The normalized spacial score (nSPS) is 30.1. The van der Waals surface area contributed by atoms with E-state index in [1.807, 2.05) is 49.7 Å². The van der Waals surface area contributed by atoms with Crippen molar-refractivity contribution in [2.75, 3.05) is 33.2 Å². The summed E-state index contributed by atoms with van der Waals surface area (Å²) in [5.41, 5.74) is -5.13. The Morgan fingerprint density at radius 3 is 1.80 bits per heavy atom. The molecule has 3 aliphatic heterocycles. The molecule has 1 unspecified atom stereocenters. The Kier molecular flexibility index (Phi) is 22.0. The SMILES string of the molecule is C[C@@H]1C[C@H]2[C@@H]3CCC4=CC(=O)C=C[C@]4(C)[C@@]3(Cl)[C@@H](O)C[C@]2(C)[C@@]1(O)C(=O)CCl.C[N+]1(C)[C@@H]2CC(OC(=O)C(O)(c3cccs3)c3cccs3)C[C@H]1[C@@H]1O[C@@H]12.O=C([O-])c1cc(=O)c2c(OCC(O)COc3cccc4oc(C(=O)[O-])cc(=O)c34)cccc2o1.[Br-].[Na+].[Na+]. The van der Waals surface area contributed by atoms with Gasteiger partial charge in [0, 0.05) is 35.8 Å². The van der Waals surface area contributed by atoms with Gasteiger partial charge in [-0.05, 0) is 103 Å². The van der Waals surface area contributed by atoms with E-state index in [2.05, 4.69) is 14.1 Å². The first-order valence-electron chi connectivity index (χ1n) is 28.8. The number of ether oxygens (including phenoxy) is 4. The molecule has 0 spiro atoms. The van der Waals surface area contributed by atoms with Gasteiger partial charge in [-0.15, -0.1) is 45.9 Å². The van der Waals surface area contributed by atoms with Crippen LogP contribution in [0.3, 0.4) is 0 Å². The molecule has 7 heterocycles. The molecule has 13 atom stereocenters. The minimum Gasteiger partial charge on any atom is -1.00 e. The molecule has 4 aromatic heterocycles. The van der Waals surface area contributed by atoms with Gasteiger partial charge in [0.25, 0.3) is 0 Å². The van der Waals surface area contributed by atoms with Crippen molar-refractivity contribution < 1.29 is 163 Å². The number of carboxylic acids is 2. The number of thiophene rings is 2. The van der Waals surface area contributed by atoms with Gasteiger partial charge in [-0.25, -0.2) is 4.79 Å². The summed E-state index contributed by atoms with van der Waals surface area (Å²) in [6.45, 7) is 5.16. The second-order valence-electron chi connectivity index (χ2n) is 24.8. The molecule has 27 heteroatoms. The Hall–Kier alpha value is -4.09. The number of rotatable bonds is 14. The number of benzene rings is 2. The smallest absolute Gasteiger partial charge is 1.00 e. The molecule has 2 aromatic carbocycles. The van der Waals surface area contributed by atoms with E-state index in [0.717, 1.165) is 47.9 Å². The first kappa shape index (κ1) is 72.7. The van der Waals surface area contributed by atoms with E-state index in [4.69, 9.17) is 51.0 Å². The van der Waals surface area contributed by atoms with Gasteiger partial charge >= 0.3 is 65.1 Å². The fourth-order valence-electron chi connectivity index (χ4n) is 15.3. The average Bonchev–Trinajstić information content (AvgIpc) is 1.66. The Bertz CT molecular complexity index is 3790. The number of ketones is 2. The summed E-state index contributed by atoms with van der Waals surface area (Å²) in [7, 11) is 4.49. The molecule has 3 saturated heterocycles. The monoisotopic (exact) mass is 1410 g/mol. The van der Waals surface area contributed by atoms with Crippen LogP contribution in [0.15, 0.2) is 126 Å². The number of fused-ring (bicyclic) bond motifs is 12. The number of Topliss-reactive ketones (excluding diaryl/α,β-unsaturated/α-hetero) is 1. The summed E-state index contributed by atoms with van der Waals surface area (Å²) in [5, 5.41) is 70.2. The second kappa shape index (κ2) is 27.6. The standard InChI is InChI=1S/C23H16O11.C22H28Cl2O4.C19H22NO4S2.BrH.2Na/c24-11(9-31-14-3-1-5-16-20(14)12(25)7-18(33-16)22(27)28)10-32-15-4-2-6-17-21(15)13(26)8-19(34-17)23(29)30;1-12-8-16-15-5-4-13-9-14(25)6-7-19(13,2)21(15,24)17(26)10-20(16,3)22(12,28)18(27)11-23;1-20(2)12-9-11(10-13(20)17-16(12)24-17)23-18(21)19(22,14-5-3-7-25-14)15-6-4-8-26-15;;;/h1-8,11,24H,9-10H2,(H,27,28)(H,29,30);6-7,9,12,15-17,26,28H,4-5,8,10-11H2,1-3H3;3-8,11-13,16-17,22H,9-10H2,1-2H3;1H;;/q;;+1;;2*+1/p-3/t;12-,15+,16+,17+,19+,20+,21+,22+;11?,12-,13+,16-,17+;;;/m.1..../s1. The molecule has 4 aliphatic carbocycles. The quantitative estimate of drug-likeness (QED) is 0.0267. The largest absolute Gasteiger partial charge is 1.00 e. The number of halogens is 3. The zero-order valence-electron chi connectivity index (χ0n) is 50.8. The topological polar surface area (TPSA) is 313 Å². The van der Waals surface area contributed by atoms with Crippen LogP contribution >= 0.6 is 45.9 Å². The van der Waals surface area contributed by atoms with Crippen molar-refractivity contribution in [2.24, 2.45) is 28.6 Å². The first-order valence-corrected chi connectivity index (χ1v) is 31.4. The van der Waals surface area contributed by atoms with E-state index in [1.165, 1.54) is 59.1 Å². The number of aliphatic hydroxyl groups is 4. The number of alkyl halides is 2. The molecule has 0 radical (unpaired) electrons. The van der Waals surface area contributed by atoms with E-state index in [1.54, 1.807) is 24.3 Å². The number of piperidine rings is 1. The van der Waals surface area contributed by atoms with Gasteiger partial charge in [0.05, 0.1) is 40.7 Å². The zero-order chi connectivity index (χ0) is 63.2. The number of carboxylic acid groups (broad SMARTS) is 2. The minimum absolute atomic E-state index is 0. The number of carbonyl (C=O) groups excluding carboxylic acids is 5. The number of esters is 1. The molecular weight excluding hydrogens is 1350 g/mol. The van der Waals surface area contributed by atoms with Crippen molar-refractivity contribution in [1.82, 2.24) is 0 Å². The van der Waals surface area contributed by atoms with Crippen LogP contribution in [0.25, 0.3) is 21.9 Å². The van der Waals surface area contributed by atoms with Gasteiger partial charge in [0.2, 0.25) is 5.60 Å². The maximum absolute atomic E-state index is 13.1. The van der Waals surface area contributed by atoms with Crippen molar-refractivity contribution in [3.63, 3.8) is 0 Å². The summed E-state index contributed by atoms with van der Waals surface area (Å²) < 4.78 is 33.9. The van der Waals surface area contributed by atoms with Gasteiger partial charge in [-0.1, -0.05) is 56.7 Å². The molecule has 2 bridgehead atoms. The van der Waals surface area contributed by atoms with Crippen LogP contribution < -0.4 is 107 Å². The number of epoxide rings is 1. The van der Waals surface area contributed by atoms with E-state index in [-0.39, 0.29) is 170 Å². The summed E-state index contributed by atoms with van der Waals surface area (Å²) in [5.74, 6) is -6.01. The zero-order valence-corrected chi connectivity index (χ0v) is 59.5. The van der Waals surface area contributed by atoms with E-state index >= 15 is 0 Å². The molecule has 91 heavy (non-hydrogen) atoms. The van der Waals surface area contributed by atoms with Crippen molar-refractivity contribution in [1.29, 1.82) is 0 Å². The predicted octanol–water partition coefficient (Wildman–Crippen LogP) is -3.79.